The summed E-state index contributed by atoms with van der Waals surface area (Å²) in [6.45, 7) is 9.78. The van der Waals surface area contributed by atoms with Gasteiger partial charge in [0.2, 0.25) is 0 Å². The number of rotatable bonds is 4. The van der Waals surface area contributed by atoms with Gasteiger partial charge in [0.05, 0.1) is 0 Å². The van der Waals surface area contributed by atoms with Crippen LogP contribution in [-0.4, -0.2) is 18.9 Å². The zero-order valence-corrected chi connectivity index (χ0v) is 8.60. The lowest BCUT2D eigenvalue weighted by atomic mass is 9.91. The highest BCUT2D eigenvalue weighted by Crippen LogP contribution is 2.19. The van der Waals surface area contributed by atoms with Crippen LogP contribution >= 0.6 is 0 Å². The van der Waals surface area contributed by atoms with Crippen molar-refractivity contribution >= 4 is 5.78 Å². The van der Waals surface area contributed by atoms with Gasteiger partial charge >= 0.3 is 0 Å². The van der Waals surface area contributed by atoms with E-state index in [-0.39, 0.29) is 5.92 Å². The van der Waals surface area contributed by atoms with Gasteiger partial charge in [-0.3, -0.25) is 4.79 Å². The number of carbonyl (C=O) groups excluding carboxylic acids is 1. The monoisotopic (exact) mass is 181 g/mol. The van der Waals surface area contributed by atoms with Gasteiger partial charge in [-0.05, 0) is 25.8 Å². The Bertz CT molecular complexity index is 210. The zero-order chi connectivity index (χ0) is 9.84. The minimum absolute atomic E-state index is 0.249. The summed E-state index contributed by atoms with van der Waals surface area (Å²) >= 11 is 0. The lowest BCUT2D eigenvalue weighted by Crippen LogP contribution is -2.21. The Balaban J connectivity index is 2.34. The van der Waals surface area contributed by atoms with Gasteiger partial charge in [-0.2, -0.15) is 0 Å². The van der Waals surface area contributed by atoms with E-state index in [0.717, 1.165) is 25.1 Å². The minimum Gasteiger partial charge on any atom is -0.316 e. The highest BCUT2D eigenvalue weighted by atomic mass is 16.1. The maximum atomic E-state index is 11.7. The van der Waals surface area contributed by atoms with E-state index in [4.69, 9.17) is 0 Å². The van der Waals surface area contributed by atoms with E-state index in [9.17, 15) is 4.79 Å². The smallest absolute Gasteiger partial charge is 0.137 e. The largest absolute Gasteiger partial charge is 0.316 e. The average Bonchev–Trinajstić information content (AvgIpc) is 2.47. The van der Waals surface area contributed by atoms with Crippen LogP contribution in [0.15, 0.2) is 12.2 Å². The van der Waals surface area contributed by atoms with Crippen molar-refractivity contribution in [2.24, 2.45) is 11.8 Å². The number of hydrogen-bond acceptors (Lipinski definition) is 2. The third-order valence-corrected chi connectivity index (χ3v) is 2.73. The van der Waals surface area contributed by atoms with E-state index in [1.165, 1.54) is 0 Å². The number of ketones is 1. The molecule has 0 radical (unpaired) electrons. The summed E-state index contributed by atoms with van der Waals surface area (Å²) < 4.78 is 0. The normalized spacial score (nSPS) is 27.5. The Hall–Kier alpha value is -0.630. The topological polar surface area (TPSA) is 29.1 Å². The van der Waals surface area contributed by atoms with Gasteiger partial charge in [0.1, 0.15) is 5.78 Å². The highest BCUT2D eigenvalue weighted by Gasteiger charge is 2.28. The summed E-state index contributed by atoms with van der Waals surface area (Å²) in [6.07, 6.45) is 1.52. The van der Waals surface area contributed by atoms with Crippen LogP contribution in [0.5, 0.6) is 0 Å². The van der Waals surface area contributed by atoms with Crippen LogP contribution in [0.25, 0.3) is 0 Å². The van der Waals surface area contributed by atoms with E-state index in [1.54, 1.807) is 0 Å². The van der Waals surface area contributed by atoms with Gasteiger partial charge < -0.3 is 5.32 Å². The Morgan fingerprint density at radius 3 is 2.62 bits per heavy atom. The minimum atomic E-state index is 0.249. The maximum absolute atomic E-state index is 11.7. The van der Waals surface area contributed by atoms with Crippen molar-refractivity contribution in [2.75, 3.05) is 13.1 Å². The molecule has 1 aliphatic rings. The van der Waals surface area contributed by atoms with Crippen LogP contribution in [0.3, 0.4) is 0 Å². The second-order valence-corrected chi connectivity index (χ2v) is 4.17. The second-order valence-electron chi connectivity index (χ2n) is 4.17. The van der Waals surface area contributed by atoms with E-state index >= 15 is 0 Å². The number of nitrogens with one attached hydrogen (secondary N) is 1. The van der Waals surface area contributed by atoms with Crippen molar-refractivity contribution in [1.82, 2.24) is 5.32 Å². The third-order valence-electron chi connectivity index (χ3n) is 2.73. The SMILES string of the molecule is C=C(C)CCC(=O)C1CNCC1C. The molecule has 0 aromatic rings. The fourth-order valence-corrected chi connectivity index (χ4v) is 1.76. The standard InChI is InChI=1S/C11H19NO/c1-8(2)4-5-11(13)10-7-12-6-9(10)3/h9-10,12H,1,4-7H2,2-3H3. The molecule has 1 aliphatic heterocycles. The molecule has 0 amide bonds. The Morgan fingerprint density at radius 2 is 2.15 bits per heavy atom. The van der Waals surface area contributed by atoms with E-state index < -0.39 is 0 Å². The summed E-state index contributed by atoms with van der Waals surface area (Å²) in [5.74, 6) is 1.16. The number of carbonyl (C=O) groups is 1. The molecule has 2 unspecified atom stereocenters. The molecule has 0 aliphatic carbocycles. The van der Waals surface area contributed by atoms with Crippen molar-refractivity contribution in [1.29, 1.82) is 0 Å². The van der Waals surface area contributed by atoms with Crippen LogP contribution in [0.4, 0.5) is 0 Å². The average molecular weight is 181 g/mol. The molecule has 1 rings (SSSR count). The first-order chi connectivity index (χ1) is 6.11. The molecule has 0 aromatic heterocycles. The van der Waals surface area contributed by atoms with Crippen molar-refractivity contribution in [3.05, 3.63) is 12.2 Å². The number of hydrogen-bond donors (Lipinski definition) is 1. The summed E-state index contributed by atoms with van der Waals surface area (Å²) in [7, 11) is 0. The van der Waals surface area contributed by atoms with Gasteiger partial charge in [-0.15, -0.1) is 6.58 Å². The molecular formula is C11H19NO. The highest BCUT2D eigenvalue weighted by molar-refractivity contribution is 5.82. The van der Waals surface area contributed by atoms with Crippen molar-refractivity contribution < 1.29 is 4.79 Å². The number of Topliss-reactive ketones (excluding diaryl/α,β-unsaturated/α-hetero) is 1. The summed E-state index contributed by atoms with van der Waals surface area (Å²) in [5, 5.41) is 3.25. The molecule has 2 heteroatoms. The van der Waals surface area contributed by atoms with Gasteiger partial charge in [-0.1, -0.05) is 12.5 Å². The fourth-order valence-electron chi connectivity index (χ4n) is 1.76. The summed E-state index contributed by atoms with van der Waals surface area (Å²) in [4.78, 5) is 11.7. The Kier molecular flexibility index (Phi) is 3.67. The molecule has 1 N–H and O–H groups in total. The molecule has 13 heavy (non-hydrogen) atoms. The van der Waals surface area contributed by atoms with Crippen molar-refractivity contribution in [3.63, 3.8) is 0 Å². The van der Waals surface area contributed by atoms with E-state index in [1.807, 2.05) is 6.92 Å². The molecule has 0 aromatic carbocycles. The van der Waals surface area contributed by atoms with Crippen LogP contribution in [0.2, 0.25) is 0 Å². The van der Waals surface area contributed by atoms with Gasteiger partial charge in [0, 0.05) is 18.9 Å². The summed E-state index contributed by atoms with van der Waals surface area (Å²) in [6, 6.07) is 0. The van der Waals surface area contributed by atoms with Gasteiger partial charge in [0.25, 0.3) is 0 Å². The molecular weight excluding hydrogens is 162 g/mol. The van der Waals surface area contributed by atoms with Crippen LogP contribution in [0, 0.1) is 11.8 Å². The third kappa shape index (κ3) is 2.96. The van der Waals surface area contributed by atoms with Crippen molar-refractivity contribution in [3.8, 4) is 0 Å². The molecule has 1 fully saturated rings. The molecule has 74 valence electrons. The predicted octanol–water partition coefficient (Wildman–Crippen LogP) is 1.77. The first kappa shape index (κ1) is 10.5. The van der Waals surface area contributed by atoms with Crippen molar-refractivity contribution in [2.45, 2.75) is 26.7 Å². The van der Waals surface area contributed by atoms with Gasteiger partial charge in [0.15, 0.2) is 0 Å². The Morgan fingerprint density at radius 1 is 1.46 bits per heavy atom. The predicted molar refractivity (Wildman–Crippen MR) is 54.6 cm³/mol. The Labute approximate surface area is 80.4 Å². The quantitative estimate of drug-likeness (QED) is 0.670. The molecule has 1 heterocycles. The van der Waals surface area contributed by atoms with Crippen LogP contribution < -0.4 is 5.32 Å². The fraction of sp³-hybridized carbons (Fsp3) is 0.727. The molecule has 0 saturated carbocycles. The first-order valence-electron chi connectivity index (χ1n) is 4.99. The van der Waals surface area contributed by atoms with E-state index in [2.05, 4.69) is 18.8 Å². The lowest BCUT2D eigenvalue weighted by Gasteiger charge is -2.12. The van der Waals surface area contributed by atoms with Crippen LogP contribution in [-0.2, 0) is 4.79 Å². The lowest BCUT2D eigenvalue weighted by molar-refractivity contribution is -0.123. The maximum Gasteiger partial charge on any atom is 0.137 e. The second kappa shape index (κ2) is 4.56. The molecule has 2 nitrogen and oxygen atoms in total. The molecule has 2 atom stereocenters. The van der Waals surface area contributed by atoms with E-state index in [0.29, 0.717) is 18.1 Å². The molecule has 1 saturated heterocycles. The zero-order valence-electron chi connectivity index (χ0n) is 8.60. The number of allylic oxidation sites excluding steroid dienone is 1. The summed E-state index contributed by atoms with van der Waals surface area (Å²) in [5.41, 5.74) is 1.10. The molecule has 0 bridgehead atoms. The first-order valence-corrected chi connectivity index (χ1v) is 4.99. The van der Waals surface area contributed by atoms with Gasteiger partial charge in [-0.25, -0.2) is 0 Å². The molecule has 0 spiro atoms. The van der Waals surface area contributed by atoms with Crippen LogP contribution in [0.1, 0.15) is 26.7 Å².